The third kappa shape index (κ3) is 4.97. The number of rotatable bonds is 7. The number of methoxy groups -OCH3 is 1. The van der Waals surface area contributed by atoms with Gasteiger partial charge in [0.05, 0.1) is 13.2 Å². The molecule has 6 nitrogen and oxygen atoms in total. The summed E-state index contributed by atoms with van der Waals surface area (Å²) in [5.74, 6) is 0.701. The first kappa shape index (κ1) is 17.3. The van der Waals surface area contributed by atoms with E-state index in [2.05, 4.69) is 10.4 Å². The summed E-state index contributed by atoms with van der Waals surface area (Å²) in [4.78, 5) is 12.4. The van der Waals surface area contributed by atoms with E-state index in [0.717, 1.165) is 0 Å². The minimum absolute atomic E-state index is 0.297. The van der Waals surface area contributed by atoms with Crippen molar-refractivity contribution in [1.29, 1.82) is 0 Å². The van der Waals surface area contributed by atoms with Crippen LogP contribution in [-0.2, 0) is 16.1 Å². The van der Waals surface area contributed by atoms with Crippen LogP contribution in [0.2, 0.25) is 5.02 Å². The standard InChI is InChI=1S/C16H20ClN3O3/c1-16(2,23-13-6-4-5-12(17)11-13)15(21)18-14-7-8-20(19-14)9-10-22-3/h4-8,11H,9-10H2,1-3H3,(H,18,19,21). The van der Waals surface area contributed by atoms with E-state index in [-0.39, 0.29) is 5.91 Å². The Balaban J connectivity index is 1.99. The highest BCUT2D eigenvalue weighted by Gasteiger charge is 2.30. The van der Waals surface area contributed by atoms with E-state index in [1.165, 1.54) is 0 Å². The first-order valence-electron chi connectivity index (χ1n) is 7.19. The van der Waals surface area contributed by atoms with Gasteiger partial charge in [-0.1, -0.05) is 17.7 Å². The highest BCUT2D eigenvalue weighted by Crippen LogP contribution is 2.23. The Morgan fingerprint density at radius 2 is 2.17 bits per heavy atom. The number of halogens is 1. The van der Waals surface area contributed by atoms with E-state index in [1.54, 1.807) is 62.2 Å². The summed E-state index contributed by atoms with van der Waals surface area (Å²) in [6, 6.07) is 8.65. The maximum absolute atomic E-state index is 12.4. The molecule has 0 spiro atoms. The lowest BCUT2D eigenvalue weighted by molar-refractivity contribution is -0.128. The lowest BCUT2D eigenvalue weighted by Gasteiger charge is -2.24. The molecular formula is C16H20ClN3O3. The number of anilines is 1. The van der Waals surface area contributed by atoms with Crippen molar-refractivity contribution >= 4 is 23.3 Å². The number of aromatic nitrogens is 2. The molecule has 0 aliphatic rings. The Hall–Kier alpha value is -2.05. The summed E-state index contributed by atoms with van der Waals surface area (Å²) in [6.45, 7) is 4.55. The number of amides is 1. The van der Waals surface area contributed by atoms with Gasteiger partial charge in [-0.3, -0.25) is 9.48 Å². The average molecular weight is 338 g/mol. The molecule has 0 saturated heterocycles. The van der Waals surface area contributed by atoms with E-state index in [9.17, 15) is 4.79 Å². The van der Waals surface area contributed by atoms with Gasteiger partial charge in [0.15, 0.2) is 11.4 Å². The highest BCUT2D eigenvalue weighted by molar-refractivity contribution is 6.30. The van der Waals surface area contributed by atoms with Crippen LogP contribution in [0.1, 0.15) is 13.8 Å². The molecule has 0 fully saturated rings. The summed E-state index contributed by atoms with van der Waals surface area (Å²) in [6.07, 6.45) is 1.78. The van der Waals surface area contributed by atoms with Gasteiger partial charge >= 0.3 is 0 Å². The molecule has 7 heteroatoms. The number of nitrogens with zero attached hydrogens (tertiary/aromatic N) is 2. The number of ether oxygens (including phenoxy) is 2. The highest BCUT2D eigenvalue weighted by atomic mass is 35.5. The summed E-state index contributed by atoms with van der Waals surface area (Å²) in [7, 11) is 1.63. The van der Waals surface area contributed by atoms with Crippen LogP contribution in [0.25, 0.3) is 0 Å². The molecule has 1 N–H and O–H groups in total. The second kappa shape index (κ2) is 7.48. The predicted octanol–water partition coefficient (Wildman–Crippen LogP) is 2.98. The fraction of sp³-hybridized carbons (Fsp3) is 0.375. The van der Waals surface area contributed by atoms with Gasteiger partial charge < -0.3 is 14.8 Å². The Morgan fingerprint density at radius 3 is 2.87 bits per heavy atom. The minimum Gasteiger partial charge on any atom is -0.478 e. The number of benzene rings is 1. The molecule has 0 radical (unpaired) electrons. The summed E-state index contributed by atoms with van der Waals surface area (Å²) in [5, 5.41) is 7.55. The van der Waals surface area contributed by atoms with Gasteiger partial charge in [-0.05, 0) is 32.0 Å². The summed E-state index contributed by atoms with van der Waals surface area (Å²) < 4.78 is 12.4. The lowest BCUT2D eigenvalue weighted by atomic mass is 10.1. The number of hydrogen-bond donors (Lipinski definition) is 1. The Kier molecular flexibility index (Phi) is 5.63. The minimum atomic E-state index is -1.07. The molecule has 1 aromatic carbocycles. The number of carbonyl (C=O) groups is 1. The topological polar surface area (TPSA) is 65.4 Å². The van der Waals surface area contributed by atoms with Crippen LogP contribution >= 0.6 is 11.6 Å². The smallest absolute Gasteiger partial charge is 0.269 e. The zero-order valence-corrected chi connectivity index (χ0v) is 14.1. The Morgan fingerprint density at radius 1 is 1.39 bits per heavy atom. The monoisotopic (exact) mass is 337 g/mol. The van der Waals surface area contributed by atoms with E-state index in [0.29, 0.717) is 29.7 Å². The van der Waals surface area contributed by atoms with Gasteiger partial charge in [-0.25, -0.2) is 0 Å². The fourth-order valence-corrected chi connectivity index (χ4v) is 2.06. The van der Waals surface area contributed by atoms with Crippen LogP contribution in [0, 0.1) is 0 Å². The number of nitrogens with one attached hydrogen (secondary N) is 1. The molecule has 0 aliphatic heterocycles. The first-order valence-corrected chi connectivity index (χ1v) is 7.57. The molecule has 1 aromatic heterocycles. The molecule has 0 bridgehead atoms. The molecule has 23 heavy (non-hydrogen) atoms. The van der Waals surface area contributed by atoms with Crippen molar-refractivity contribution in [2.75, 3.05) is 19.0 Å². The zero-order valence-electron chi connectivity index (χ0n) is 13.4. The maximum Gasteiger partial charge on any atom is 0.269 e. The first-order chi connectivity index (χ1) is 10.9. The molecule has 2 aromatic rings. The van der Waals surface area contributed by atoms with Crippen molar-refractivity contribution < 1.29 is 14.3 Å². The van der Waals surface area contributed by atoms with Gasteiger partial charge in [-0.2, -0.15) is 5.10 Å². The van der Waals surface area contributed by atoms with Gasteiger partial charge in [0, 0.05) is 24.4 Å². The zero-order chi connectivity index (χ0) is 16.9. The quantitative estimate of drug-likeness (QED) is 0.843. The number of hydrogen-bond acceptors (Lipinski definition) is 4. The van der Waals surface area contributed by atoms with E-state index >= 15 is 0 Å². The Labute approximate surface area is 140 Å². The fourth-order valence-electron chi connectivity index (χ4n) is 1.88. The molecule has 1 amide bonds. The van der Waals surface area contributed by atoms with Crippen LogP contribution in [0.4, 0.5) is 5.82 Å². The molecule has 0 unspecified atom stereocenters. The third-order valence-electron chi connectivity index (χ3n) is 3.12. The normalized spacial score (nSPS) is 11.3. The average Bonchev–Trinajstić information content (AvgIpc) is 2.92. The largest absolute Gasteiger partial charge is 0.478 e. The van der Waals surface area contributed by atoms with Crippen molar-refractivity contribution in [3.63, 3.8) is 0 Å². The molecule has 124 valence electrons. The molecule has 0 atom stereocenters. The van der Waals surface area contributed by atoms with Gasteiger partial charge in [0.25, 0.3) is 5.91 Å². The lowest BCUT2D eigenvalue weighted by Crippen LogP contribution is -2.42. The van der Waals surface area contributed by atoms with Crippen molar-refractivity contribution in [3.8, 4) is 5.75 Å². The predicted molar refractivity (Wildman–Crippen MR) is 88.9 cm³/mol. The van der Waals surface area contributed by atoms with Crippen molar-refractivity contribution in [2.45, 2.75) is 26.0 Å². The van der Waals surface area contributed by atoms with Crippen molar-refractivity contribution in [3.05, 3.63) is 41.6 Å². The second-order valence-electron chi connectivity index (χ2n) is 5.48. The van der Waals surface area contributed by atoms with Crippen LogP contribution in [0.3, 0.4) is 0 Å². The van der Waals surface area contributed by atoms with E-state index in [4.69, 9.17) is 21.1 Å². The van der Waals surface area contributed by atoms with Gasteiger partial charge in [0.2, 0.25) is 0 Å². The third-order valence-corrected chi connectivity index (χ3v) is 3.36. The SMILES string of the molecule is COCCn1ccc(NC(=O)C(C)(C)Oc2cccc(Cl)c2)n1. The van der Waals surface area contributed by atoms with Crippen LogP contribution in [-0.4, -0.2) is 35.0 Å². The second-order valence-corrected chi connectivity index (χ2v) is 5.92. The van der Waals surface area contributed by atoms with Crippen LogP contribution in [0.5, 0.6) is 5.75 Å². The van der Waals surface area contributed by atoms with Crippen LogP contribution in [0.15, 0.2) is 36.5 Å². The van der Waals surface area contributed by atoms with Gasteiger partial charge in [0.1, 0.15) is 5.75 Å². The van der Waals surface area contributed by atoms with Crippen molar-refractivity contribution in [1.82, 2.24) is 9.78 Å². The molecule has 0 aliphatic carbocycles. The molecule has 1 heterocycles. The number of carbonyl (C=O) groups excluding carboxylic acids is 1. The van der Waals surface area contributed by atoms with Crippen molar-refractivity contribution in [2.24, 2.45) is 0 Å². The summed E-state index contributed by atoms with van der Waals surface area (Å²) in [5.41, 5.74) is -1.07. The summed E-state index contributed by atoms with van der Waals surface area (Å²) >= 11 is 5.92. The maximum atomic E-state index is 12.4. The van der Waals surface area contributed by atoms with Crippen LogP contribution < -0.4 is 10.1 Å². The van der Waals surface area contributed by atoms with E-state index in [1.807, 2.05) is 0 Å². The molecular weight excluding hydrogens is 318 g/mol. The molecule has 0 saturated carbocycles. The van der Waals surface area contributed by atoms with Gasteiger partial charge in [-0.15, -0.1) is 0 Å². The van der Waals surface area contributed by atoms with E-state index < -0.39 is 5.60 Å². The Bertz CT molecular complexity index is 670. The molecule has 2 rings (SSSR count).